The largest absolute Gasteiger partial charge is 0.484 e. The van der Waals surface area contributed by atoms with E-state index in [1.54, 1.807) is 6.07 Å². The van der Waals surface area contributed by atoms with Crippen LogP contribution in [-0.4, -0.2) is 6.54 Å². The maximum atomic E-state index is 13.2. The molecule has 2 aromatic carbocycles. The van der Waals surface area contributed by atoms with Crippen molar-refractivity contribution < 1.29 is 9.13 Å². The maximum Gasteiger partial charge on any atom is 0.136 e. The predicted molar refractivity (Wildman–Crippen MR) is 74.7 cm³/mol. The number of aryl methyl sites for hydroxylation is 1. The lowest BCUT2D eigenvalue weighted by Gasteiger charge is -2.20. The number of hydrogen-bond acceptors (Lipinski definition) is 2. The van der Waals surface area contributed by atoms with Gasteiger partial charge in [-0.2, -0.15) is 0 Å². The molecule has 0 fully saturated rings. The Morgan fingerprint density at radius 1 is 1.16 bits per heavy atom. The van der Waals surface area contributed by atoms with Crippen molar-refractivity contribution in [2.45, 2.75) is 20.0 Å². The maximum absolute atomic E-state index is 13.2. The van der Waals surface area contributed by atoms with Gasteiger partial charge in [0.1, 0.15) is 17.7 Å². The first kappa shape index (κ1) is 13.6. The van der Waals surface area contributed by atoms with Crippen molar-refractivity contribution in [3.8, 4) is 5.75 Å². The fourth-order valence-corrected chi connectivity index (χ4v) is 1.96. The predicted octanol–water partition coefficient (Wildman–Crippen LogP) is 3.52. The Labute approximate surface area is 113 Å². The molecule has 0 aromatic heterocycles. The van der Waals surface area contributed by atoms with E-state index in [4.69, 9.17) is 10.5 Å². The Hall–Kier alpha value is -1.87. The summed E-state index contributed by atoms with van der Waals surface area (Å²) in [6.45, 7) is 4.34. The molecule has 3 heteroatoms. The Morgan fingerprint density at radius 3 is 2.58 bits per heavy atom. The molecule has 1 unspecified atom stereocenters. The Balaban J connectivity index is 2.26. The summed E-state index contributed by atoms with van der Waals surface area (Å²) in [6, 6.07) is 12.2. The highest BCUT2D eigenvalue weighted by atomic mass is 19.1. The zero-order chi connectivity index (χ0) is 13.8. The molecule has 0 aliphatic heterocycles. The second kappa shape index (κ2) is 5.85. The molecule has 0 amide bonds. The van der Waals surface area contributed by atoms with Gasteiger partial charge in [-0.1, -0.05) is 24.3 Å². The average Bonchev–Trinajstić information content (AvgIpc) is 2.40. The van der Waals surface area contributed by atoms with Gasteiger partial charge in [0.15, 0.2) is 0 Å². The number of halogens is 1. The molecule has 2 N–H and O–H groups in total. The van der Waals surface area contributed by atoms with Gasteiger partial charge in [-0.05, 0) is 48.7 Å². The van der Waals surface area contributed by atoms with Gasteiger partial charge < -0.3 is 10.5 Å². The van der Waals surface area contributed by atoms with E-state index in [2.05, 4.69) is 0 Å². The number of ether oxygens (including phenoxy) is 1. The van der Waals surface area contributed by atoms with E-state index in [1.807, 2.05) is 38.1 Å². The van der Waals surface area contributed by atoms with Crippen molar-refractivity contribution in [2.24, 2.45) is 5.73 Å². The molecule has 0 radical (unpaired) electrons. The number of benzene rings is 2. The molecule has 19 heavy (non-hydrogen) atoms. The van der Waals surface area contributed by atoms with Crippen LogP contribution < -0.4 is 10.5 Å². The van der Waals surface area contributed by atoms with Crippen LogP contribution in [0.4, 0.5) is 4.39 Å². The number of nitrogens with two attached hydrogens (primary N) is 1. The second-order valence-corrected chi connectivity index (χ2v) is 4.60. The summed E-state index contributed by atoms with van der Waals surface area (Å²) >= 11 is 0. The monoisotopic (exact) mass is 259 g/mol. The van der Waals surface area contributed by atoms with Crippen LogP contribution in [0.1, 0.15) is 22.8 Å². The van der Waals surface area contributed by atoms with Crippen molar-refractivity contribution in [1.82, 2.24) is 0 Å². The zero-order valence-corrected chi connectivity index (χ0v) is 11.2. The number of hydrogen-bond donors (Lipinski definition) is 1. The smallest absolute Gasteiger partial charge is 0.136 e. The van der Waals surface area contributed by atoms with Crippen molar-refractivity contribution >= 4 is 0 Å². The minimum atomic E-state index is -0.337. The normalized spacial score (nSPS) is 12.2. The standard InChI is InChI=1S/C16H18FNO/c1-11-5-3-8-15(12(11)2)19-16(10-18)13-6-4-7-14(17)9-13/h3-9,16H,10,18H2,1-2H3. The summed E-state index contributed by atoms with van der Waals surface area (Å²) in [5.74, 6) is 0.514. The van der Waals surface area contributed by atoms with E-state index in [0.29, 0.717) is 6.54 Å². The van der Waals surface area contributed by atoms with Crippen LogP contribution in [-0.2, 0) is 0 Å². The van der Waals surface area contributed by atoms with E-state index in [-0.39, 0.29) is 11.9 Å². The molecule has 100 valence electrons. The molecular weight excluding hydrogens is 241 g/mol. The molecule has 0 heterocycles. The van der Waals surface area contributed by atoms with Crippen molar-refractivity contribution in [3.05, 3.63) is 65.0 Å². The van der Waals surface area contributed by atoms with E-state index in [9.17, 15) is 4.39 Å². The van der Waals surface area contributed by atoms with Gasteiger partial charge >= 0.3 is 0 Å². The lowest BCUT2D eigenvalue weighted by Crippen LogP contribution is -2.19. The minimum Gasteiger partial charge on any atom is -0.484 e. The van der Waals surface area contributed by atoms with Crippen LogP contribution in [0.2, 0.25) is 0 Å². The van der Waals surface area contributed by atoms with Crippen LogP contribution in [0.15, 0.2) is 42.5 Å². The van der Waals surface area contributed by atoms with Gasteiger partial charge in [0.2, 0.25) is 0 Å². The lowest BCUT2D eigenvalue weighted by molar-refractivity contribution is 0.212. The first-order valence-corrected chi connectivity index (χ1v) is 6.30. The summed E-state index contributed by atoms with van der Waals surface area (Å²) < 4.78 is 19.2. The second-order valence-electron chi connectivity index (χ2n) is 4.60. The Morgan fingerprint density at radius 2 is 1.89 bits per heavy atom. The zero-order valence-electron chi connectivity index (χ0n) is 11.2. The van der Waals surface area contributed by atoms with Gasteiger partial charge in [0, 0.05) is 6.54 Å². The molecule has 0 saturated carbocycles. The first-order chi connectivity index (χ1) is 9.11. The molecule has 2 aromatic rings. The summed E-state index contributed by atoms with van der Waals surface area (Å²) in [4.78, 5) is 0. The first-order valence-electron chi connectivity index (χ1n) is 6.30. The molecule has 2 rings (SSSR count). The van der Waals surface area contributed by atoms with Crippen molar-refractivity contribution in [3.63, 3.8) is 0 Å². The van der Waals surface area contributed by atoms with Crippen LogP contribution in [0.3, 0.4) is 0 Å². The third-order valence-electron chi connectivity index (χ3n) is 3.26. The van der Waals surface area contributed by atoms with Crippen LogP contribution in [0.5, 0.6) is 5.75 Å². The Kier molecular flexibility index (Phi) is 4.17. The highest BCUT2D eigenvalue weighted by Gasteiger charge is 2.13. The molecule has 0 spiro atoms. The third kappa shape index (κ3) is 3.12. The van der Waals surface area contributed by atoms with Crippen LogP contribution >= 0.6 is 0 Å². The van der Waals surface area contributed by atoms with Crippen molar-refractivity contribution in [1.29, 1.82) is 0 Å². The van der Waals surface area contributed by atoms with Gasteiger partial charge in [0.05, 0.1) is 0 Å². The van der Waals surface area contributed by atoms with E-state index >= 15 is 0 Å². The Bertz CT molecular complexity index is 568. The van der Waals surface area contributed by atoms with Crippen molar-refractivity contribution in [2.75, 3.05) is 6.54 Å². The minimum absolute atomic E-state index is 0.277. The molecular formula is C16H18FNO. The molecule has 2 nitrogen and oxygen atoms in total. The molecule has 1 atom stereocenters. The summed E-state index contributed by atoms with van der Waals surface area (Å²) in [7, 11) is 0. The SMILES string of the molecule is Cc1cccc(OC(CN)c2cccc(F)c2)c1C. The summed E-state index contributed by atoms with van der Waals surface area (Å²) in [5.41, 5.74) is 8.74. The van der Waals surface area contributed by atoms with Gasteiger partial charge in [-0.25, -0.2) is 4.39 Å². The topological polar surface area (TPSA) is 35.2 Å². The summed E-state index contributed by atoms with van der Waals surface area (Å²) in [5, 5.41) is 0. The third-order valence-corrected chi connectivity index (χ3v) is 3.26. The highest BCUT2D eigenvalue weighted by Crippen LogP contribution is 2.26. The fourth-order valence-electron chi connectivity index (χ4n) is 1.96. The van der Waals surface area contributed by atoms with Gasteiger partial charge in [-0.3, -0.25) is 0 Å². The van der Waals surface area contributed by atoms with Crippen LogP contribution in [0.25, 0.3) is 0 Å². The van der Waals surface area contributed by atoms with Crippen LogP contribution in [0, 0.1) is 19.7 Å². The van der Waals surface area contributed by atoms with E-state index in [1.165, 1.54) is 12.1 Å². The molecule has 0 aliphatic rings. The molecule has 0 aliphatic carbocycles. The quantitative estimate of drug-likeness (QED) is 0.911. The number of rotatable bonds is 4. The van der Waals surface area contributed by atoms with Gasteiger partial charge in [-0.15, -0.1) is 0 Å². The summed E-state index contributed by atoms with van der Waals surface area (Å²) in [6.07, 6.45) is -0.337. The van der Waals surface area contributed by atoms with E-state index in [0.717, 1.165) is 22.4 Å². The average molecular weight is 259 g/mol. The highest BCUT2D eigenvalue weighted by molar-refractivity contribution is 5.39. The molecule has 0 bridgehead atoms. The lowest BCUT2D eigenvalue weighted by atomic mass is 10.1. The van der Waals surface area contributed by atoms with Gasteiger partial charge in [0.25, 0.3) is 0 Å². The van der Waals surface area contributed by atoms with E-state index < -0.39 is 0 Å². The molecule has 0 saturated heterocycles. The fraction of sp³-hybridized carbons (Fsp3) is 0.250.